The van der Waals surface area contributed by atoms with Gasteiger partial charge in [0.25, 0.3) is 5.91 Å². The van der Waals surface area contributed by atoms with Crippen molar-refractivity contribution in [3.63, 3.8) is 0 Å². The van der Waals surface area contributed by atoms with Gasteiger partial charge in [-0.1, -0.05) is 67.6 Å². The van der Waals surface area contributed by atoms with Gasteiger partial charge in [0.15, 0.2) is 0 Å². The van der Waals surface area contributed by atoms with Gasteiger partial charge in [-0.2, -0.15) is 0 Å². The van der Waals surface area contributed by atoms with E-state index >= 15 is 0 Å². The van der Waals surface area contributed by atoms with Crippen LogP contribution in [0.15, 0.2) is 85.1 Å². The van der Waals surface area contributed by atoms with E-state index in [2.05, 4.69) is 24.0 Å². The van der Waals surface area contributed by atoms with Crippen molar-refractivity contribution in [2.45, 2.75) is 19.9 Å². The summed E-state index contributed by atoms with van der Waals surface area (Å²) in [5, 5.41) is 0. The molecule has 1 amide bonds. The first-order valence-corrected chi connectivity index (χ1v) is 8.79. The molecule has 0 aliphatic rings. The molecule has 0 saturated carbocycles. The zero-order valence-corrected chi connectivity index (χ0v) is 14.9. The predicted octanol–water partition coefficient (Wildman–Crippen LogP) is 4.89. The minimum absolute atomic E-state index is 0.0906. The third-order valence-electron chi connectivity index (χ3n) is 4.18. The number of hydrogen-bond donors (Lipinski definition) is 0. The Bertz CT molecular complexity index is 856. The lowest BCUT2D eigenvalue weighted by Crippen LogP contribution is -2.29. The first kappa shape index (κ1) is 17.6. The zero-order chi connectivity index (χ0) is 18.2. The van der Waals surface area contributed by atoms with Crippen LogP contribution < -0.4 is 4.90 Å². The quantitative estimate of drug-likeness (QED) is 0.598. The van der Waals surface area contributed by atoms with Crippen LogP contribution in [0, 0.1) is 0 Å². The molecule has 3 nitrogen and oxygen atoms in total. The summed E-state index contributed by atoms with van der Waals surface area (Å²) in [6, 6.07) is 23.8. The normalized spacial score (nSPS) is 10.8. The molecule has 0 radical (unpaired) electrons. The summed E-state index contributed by atoms with van der Waals surface area (Å²) < 4.78 is 0. The maximum atomic E-state index is 12.8. The van der Waals surface area contributed by atoms with E-state index in [1.165, 1.54) is 5.56 Å². The molecule has 0 spiro atoms. The van der Waals surface area contributed by atoms with Gasteiger partial charge in [-0.15, -0.1) is 0 Å². The van der Waals surface area contributed by atoms with Crippen molar-refractivity contribution >= 4 is 17.8 Å². The van der Waals surface area contributed by atoms with Crippen LogP contribution in [0.4, 0.5) is 5.82 Å². The van der Waals surface area contributed by atoms with Crippen molar-refractivity contribution in [3.05, 3.63) is 102 Å². The Morgan fingerprint density at radius 1 is 0.923 bits per heavy atom. The largest absolute Gasteiger partial charge is 0.289 e. The molecule has 0 unspecified atom stereocenters. The van der Waals surface area contributed by atoms with E-state index in [0.29, 0.717) is 12.4 Å². The molecule has 0 bridgehead atoms. The Morgan fingerprint density at radius 2 is 1.65 bits per heavy atom. The number of rotatable bonds is 6. The Morgan fingerprint density at radius 3 is 2.31 bits per heavy atom. The lowest BCUT2D eigenvalue weighted by molar-refractivity contribution is -0.114. The number of nitrogens with zero attached hydrogens (tertiary/aromatic N) is 2. The number of benzene rings is 2. The number of carbonyl (C=O) groups is 1. The molecule has 3 aromatic rings. The van der Waals surface area contributed by atoms with E-state index in [-0.39, 0.29) is 5.91 Å². The van der Waals surface area contributed by atoms with Crippen molar-refractivity contribution in [1.29, 1.82) is 0 Å². The Kier molecular flexibility index (Phi) is 5.94. The average molecular weight is 342 g/mol. The van der Waals surface area contributed by atoms with Crippen LogP contribution in [0.5, 0.6) is 0 Å². The number of aromatic nitrogens is 1. The summed E-state index contributed by atoms with van der Waals surface area (Å²) in [7, 11) is 0. The second kappa shape index (κ2) is 8.77. The maximum Gasteiger partial charge on any atom is 0.252 e. The second-order valence-electron chi connectivity index (χ2n) is 6.03. The van der Waals surface area contributed by atoms with Crippen molar-refractivity contribution < 1.29 is 4.79 Å². The van der Waals surface area contributed by atoms with E-state index in [0.717, 1.165) is 17.5 Å². The second-order valence-corrected chi connectivity index (χ2v) is 6.03. The molecular weight excluding hydrogens is 320 g/mol. The summed E-state index contributed by atoms with van der Waals surface area (Å²) in [5.41, 5.74) is 3.36. The van der Waals surface area contributed by atoms with Crippen molar-refractivity contribution in [2.75, 3.05) is 4.90 Å². The van der Waals surface area contributed by atoms with E-state index in [1.54, 1.807) is 17.2 Å². The Balaban J connectivity index is 1.81. The smallest absolute Gasteiger partial charge is 0.252 e. The van der Waals surface area contributed by atoms with Crippen molar-refractivity contribution in [3.8, 4) is 0 Å². The van der Waals surface area contributed by atoms with Gasteiger partial charge < -0.3 is 0 Å². The highest BCUT2D eigenvalue weighted by Gasteiger charge is 2.14. The number of pyridine rings is 1. The molecule has 1 aromatic heterocycles. The Labute approximate surface area is 154 Å². The molecular formula is C23H22N2O. The third kappa shape index (κ3) is 4.67. The lowest BCUT2D eigenvalue weighted by Gasteiger charge is -2.20. The highest BCUT2D eigenvalue weighted by molar-refractivity contribution is 6.03. The molecule has 0 aliphatic heterocycles. The fourth-order valence-corrected chi connectivity index (χ4v) is 2.67. The van der Waals surface area contributed by atoms with Gasteiger partial charge >= 0.3 is 0 Å². The van der Waals surface area contributed by atoms with Crippen LogP contribution in [0.25, 0.3) is 6.08 Å². The highest BCUT2D eigenvalue weighted by Crippen LogP contribution is 2.15. The molecule has 1 heterocycles. The number of carbonyl (C=O) groups excluding carboxylic acids is 1. The molecule has 0 atom stereocenters. The van der Waals surface area contributed by atoms with Crippen molar-refractivity contribution in [1.82, 2.24) is 4.98 Å². The van der Waals surface area contributed by atoms with E-state index in [1.807, 2.05) is 66.7 Å². The summed E-state index contributed by atoms with van der Waals surface area (Å²) in [5.74, 6) is 0.555. The first-order valence-electron chi connectivity index (χ1n) is 8.79. The molecule has 0 N–H and O–H groups in total. The molecule has 3 heteroatoms. The van der Waals surface area contributed by atoms with Gasteiger partial charge in [-0.3, -0.25) is 9.69 Å². The minimum Gasteiger partial charge on any atom is -0.289 e. The number of anilines is 1. The van der Waals surface area contributed by atoms with Gasteiger partial charge in [0.1, 0.15) is 5.82 Å². The van der Waals surface area contributed by atoms with Gasteiger partial charge in [0, 0.05) is 12.3 Å². The van der Waals surface area contributed by atoms with E-state index < -0.39 is 0 Å². The topological polar surface area (TPSA) is 33.2 Å². The lowest BCUT2D eigenvalue weighted by atomic mass is 10.1. The molecule has 26 heavy (non-hydrogen) atoms. The monoisotopic (exact) mass is 342 g/mol. The van der Waals surface area contributed by atoms with E-state index in [9.17, 15) is 4.79 Å². The predicted molar refractivity (Wildman–Crippen MR) is 107 cm³/mol. The zero-order valence-electron chi connectivity index (χ0n) is 14.9. The summed E-state index contributed by atoms with van der Waals surface area (Å²) in [4.78, 5) is 18.9. The third-order valence-corrected chi connectivity index (χ3v) is 4.18. The minimum atomic E-state index is -0.0906. The van der Waals surface area contributed by atoms with Crippen LogP contribution in [0.1, 0.15) is 23.6 Å². The number of amides is 1. The Hall–Kier alpha value is -3.20. The average Bonchev–Trinajstić information content (AvgIpc) is 2.72. The molecule has 0 saturated heterocycles. The highest BCUT2D eigenvalue weighted by atomic mass is 16.2. The number of hydrogen-bond acceptors (Lipinski definition) is 2. The molecule has 3 rings (SSSR count). The fraction of sp³-hybridized carbons (Fsp3) is 0.130. The SMILES string of the molecule is CCc1ccc(/C=C/C(=O)N(Cc2ccccc2)c2ccccn2)cc1. The van der Waals surface area contributed by atoms with Gasteiger partial charge in [-0.05, 0) is 41.3 Å². The van der Waals surface area contributed by atoms with Gasteiger partial charge in [-0.25, -0.2) is 4.98 Å². The molecule has 0 fully saturated rings. The van der Waals surface area contributed by atoms with Gasteiger partial charge in [0.2, 0.25) is 0 Å². The molecule has 0 aliphatic carbocycles. The summed E-state index contributed by atoms with van der Waals surface area (Å²) in [6.45, 7) is 2.61. The molecule has 130 valence electrons. The maximum absolute atomic E-state index is 12.8. The van der Waals surface area contributed by atoms with Crippen molar-refractivity contribution in [2.24, 2.45) is 0 Å². The standard InChI is InChI=1S/C23H22N2O/c1-2-19-11-13-20(14-12-19)15-16-23(26)25(22-10-6-7-17-24-22)18-21-8-4-3-5-9-21/h3-17H,2,18H2,1H3/b16-15+. The van der Waals surface area contributed by atoms with Crippen LogP contribution in [-0.4, -0.2) is 10.9 Å². The molecule has 2 aromatic carbocycles. The van der Waals surface area contributed by atoms with Crippen LogP contribution in [-0.2, 0) is 17.8 Å². The van der Waals surface area contributed by atoms with Gasteiger partial charge in [0.05, 0.1) is 6.54 Å². The number of aryl methyl sites for hydroxylation is 1. The van der Waals surface area contributed by atoms with Crippen LogP contribution in [0.3, 0.4) is 0 Å². The first-order chi connectivity index (χ1) is 12.8. The van der Waals surface area contributed by atoms with Crippen LogP contribution in [0.2, 0.25) is 0 Å². The van der Waals surface area contributed by atoms with E-state index in [4.69, 9.17) is 0 Å². The summed E-state index contributed by atoms with van der Waals surface area (Å²) in [6.07, 6.45) is 6.17. The summed E-state index contributed by atoms with van der Waals surface area (Å²) >= 11 is 0. The fourth-order valence-electron chi connectivity index (χ4n) is 2.67. The van der Waals surface area contributed by atoms with Crippen LogP contribution >= 0.6 is 0 Å².